The molecule has 2 aromatic rings. The first-order valence-electron chi connectivity index (χ1n) is 6.71. The fourth-order valence-electron chi connectivity index (χ4n) is 2.44. The number of halogens is 1. The summed E-state index contributed by atoms with van der Waals surface area (Å²) in [5.74, 6) is -0.287. The lowest BCUT2D eigenvalue weighted by atomic mass is 9.91. The Kier molecular flexibility index (Phi) is 3.66. The van der Waals surface area contributed by atoms with Crippen molar-refractivity contribution in [2.75, 3.05) is 0 Å². The molecule has 22 heavy (non-hydrogen) atoms. The van der Waals surface area contributed by atoms with Gasteiger partial charge in [-0.25, -0.2) is 9.78 Å². The van der Waals surface area contributed by atoms with E-state index in [0.29, 0.717) is 10.2 Å². The highest BCUT2D eigenvalue weighted by Crippen LogP contribution is 2.30. The van der Waals surface area contributed by atoms with Crippen molar-refractivity contribution in [1.29, 1.82) is 0 Å². The number of hydrogen-bond acceptors (Lipinski definition) is 4. The lowest BCUT2D eigenvalue weighted by molar-refractivity contribution is -0.131. The van der Waals surface area contributed by atoms with Crippen molar-refractivity contribution in [2.24, 2.45) is 0 Å². The summed E-state index contributed by atoms with van der Waals surface area (Å²) in [6.45, 7) is 3.81. The molecule has 0 bridgehead atoms. The molecule has 2 heterocycles. The molecule has 0 aliphatic carbocycles. The van der Waals surface area contributed by atoms with Crippen molar-refractivity contribution in [1.82, 2.24) is 15.2 Å². The molecule has 114 valence electrons. The molecule has 1 aliphatic heterocycles. The minimum absolute atomic E-state index is 0.120. The second kappa shape index (κ2) is 5.37. The van der Waals surface area contributed by atoms with E-state index in [-0.39, 0.29) is 12.5 Å². The lowest BCUT2D eigenvalue weighted by Gasteiger charge is -2.22. The summed E-state index contributed by atoms with van der Waals surface area (Å²) >= 11 is 7.06. The number of aryl methyl sites for hydroxylation is 1. The van der Waals surface area contributed by atoms with E-state index in [1.54, 1.807) is 12.3 Å². The van der Waals surface area contributed by atoms with Crippen molar-refractivity contribution < 1.29 is 9.59 Å². The van der Waals surface area contributed by atoms with Crippen molar-refractivity contribution in [3.63, 3.8) is 0 Å². The number of nitrogens with one attached hydrogen (secondary N) is 1. The Hall–Kier alpha value is -1.92. The molecule has 5 nitrogen and oxygen atoms in total. The van der Waals surface area contributed by atoms with Crippen molar-refractivity contribution in [3.8, 4) is 0 Å². The number of thiazole rings is 1. The Morgan fingerprint density at radius 3 is 2.59 bits per heavy atom. The van der Waals surface area contributed by atoms with Crippen molar-refractivity contribution in [2.45, 2.75) is 25.9 Å². The maximum atomic E-state index is 12.7. The molecular weight excluding hydrogens is 322 g/mol. The van der Waals surface area contributed by atoms with Gasteiger partial charge in [-0.15, -0.1) is 11.3 Å². The second-order valence-electron chi connectivity index (χ2n) is 5.40. The monoisotopic (exact) mass is 335 g/mol. The van der Waals surface area contributed by atoms with Crippen LogP contribution in [0.1, 0.15) is 23.7 Å². The Labute approximate surface area is 136 Å². The minimum atomic E-state index is -1.05. The fraction of sp³-hybridized carbons (Fsp3) is 0.267. The van der Waals surface area contributed by atoms with E-state index in [1.165, 1.54) is 16.2 Å². The number of carbonyl (C=O) groups excluding carboxylic acids is 2. The molecule has 1 saturated heterocycles. The summed E-state index contributed by atoms with van der Waals surface area (Å²) in [7, 11) is 0. The van der Waals surface area contributed by atoms with Gasteiger partial charge in [0.1, 0.15) is 5.54 Å². The quantitative estimate of drug-likeness (QED) is 0.877. The average Bonchev–Trinajstić information content (AvgIpc) is 2.97. The highest BCUT2D eigenvalue weighted by atomic mass is 35.5. The van der Waals surface area contributed by atoms with Gasteiger partial charge in [-0.3, -0.25) is 9.69 Å². The van der Waals surface area contributed by atoms with Crippen LogP contribution in [0.3, 0.4) is 0 Å². The Morgan fingerprint density at radius 1 is 1.32 bits per heavy atom. The highest BCUT2D eigenvalue weighted by Gasteiger charge is 2.49. The third-order valence-electron chi connectivity index (χ3n) is 3.75. The van der Waals surface area contributed by atoms with Crippen LogP contribution < -0.4 is 5.32 Å². The Bertz CT molecular complexity index is 744. The standard InChI is InChI=1S/C15H14ClN3O2S/c1-9-3-5-10(6-4-9)15(2)12(20)19(14(21)18-15)7-11-8-22-13(16)17-11/h3-6,8H,7H2,1-2H3,(H,18,21). The van der Waals surface area contributed by atoms with E-state index in [9.17, 15) is 9.59 Å². The van der Waals surface area contributed by atoms with Crippen LogP contribution in [0.15, 0.2) is 29.6 Å². The topological polar surface area (TPSA) is 62.3 Å². The predicted molar refractivity (Wildman–Crippen MR) is 84.7 cm³/mol. The number of amides is 3. The van der Waals surface area contributed by atoms with Gasteiger partial charge in [0, 0.05) is 5.38 Å². The number of aromatic nitrogens is 1. The largest absolute Gasteiger partial charge is 0.325 e. The molecule has 0 saturated carbocycles. The summed E-state index contributed by atoms with van der Waals surface area (Å²) in [6.07, 6.45) is 0. The summed E-state index contributed by atoms with van der Waals surface area (Å²) in [5, 5.41) is 4.51. The normalized spacial score (nSPS) is 21.3. The molecule has 1 unspecified atom stereocenters. The molecule has 0 spiro atoms. The summed E-state index contributed by atoms with van der Waals surface area (Å²) in [5.41, 5.74) is 1.41. The van der Waals surface area contributed by atoms with E-state index in [0.717, 1.165) is 11.1 Å². The first kappa shape index (κ1) is 15.0. The van der Waals surface area contributed by atoms with Crippen LogP contribution in [0.2, 0.25) is 4.47 Å². The molecule has 1 aliphatic rings. The molecule has 1 fully saturated rings. The second-order valence-corrected chi connectivity index (χ2v) is 6.84. The summed E-state index contributed by atoms with van der Waals surface area (Å²) in [6, 6.07) is 7.14. The molecule has 3 rings (SSSR count). The van der Waals surface area contributed by atoms with Gasteiger partial charge in [0.05, 0.1) is 12.2 Å². The molecule has 1 N–H and O–H groups in total. The number of hydrogen-bond donors (Lipinski definition) is 1. The third-order valence-corrected chi connectivity index (χ3v) is 4.78. The van der Waals surface area contributed by atoms with Crippen LogP contribution in [0.5, 0.6) is 0 Å². The van der Waals surface area contributed by atoms with Crippen molar-refractivity contribution in [3.05, 3.63) is 50.9 Å². The zero-order chi connectivity index (χ0) is 15.9. The van der Waals surface area contributed by atoms with E-state index in [1.807, 2.05) is 31.2 Å². The highest BCUT2D eigenvalue weighted by molar-refractivity contribution is 7.13. The van der Waals surface area contributed by atoms with E-state index in [4.69, 9.17) is 11.6 Å². The van der Waals surface area contributed by atoms with Gasteiger partial charge in [0.25, 0.3) is 5.91 Å². The van der Waals surface area contributed by atoms with Crippen LogP contribution in [-0.4, -0.2) is 21.8 Å². The number of carbonyl (C=O) groups is 2. The summed E-state index contributed by atoms with van der Waals surface area (Å²) in [4.78, 5) is 30.2. The predicted octanol–water partition coefficient (Wildman–Crippen LogP) is 3.07. The number of benzene rings is 1. The first-order valence-corrected chi connectivity index (χ1v) is 7.97. The number of rotatable bonds is 3. The number of nitrogens with zero attached hydrogens (tertiary/aromatic N) is 2. The molecular formula is C15H14ClN3O2S. The van der Waals surface area contributed by atoms with Gasteiger partial charge in [0.2, 0.25) is 0 Å². The van der Waals surface area contributed by atoms with Gasteiger partial charge in [-0.05, 0) is 19.4 Å². The molecule has 1 atom stereocenters. The van der Waals surface area contributed by atoms with Gasteiger partial charge in [-0.2, -0.15) is 0 Å². The first-order chi connectivity index (χ1) is 10.4. The Balaban J connectivity index is 1.88. The molecule has 1 aromatic carbocycles. The minimum Gasteiger partial charge on any atom is -0.319 e. The molecule has 0 radical (unpaired) electrons. The zero-order valence-electron chi connectivity index (χ0n) is 12.1. The van der Waals surface area contributed by atoms with Crippen LogP contribution in [-0.2, 0) is 16.9 Å². The lowest BCUT2D eigenvalue weighted by Crippen LogP contribution is -2.40. The van der Waals surface area contributed by atoms with E-state index in [2.05, 4.69) is 10.3 Å². The van der Waals surface area contributed by atoms with E-state index >= 15 is 0 Å². The third kappa shape index (κ3) is 2.48. The maximum Gasteiger partial charge on any atom is 0.325 e. The molecule has 1 aromatic heterocycles. The fourth-order valence-corrected chi connectivity index (χ4v) is 3.21. The van der Waals surface area contributed by atoms with Gasteiger partial charge >= 0.3 is 6.03 Å². The maximum absolute atomic E-state index is 12.7. The van der Waals surface area contributed by atoms with Gasteiger partial charge in [0.15, 0.2) is 4.47 Å². The molecule has 7 heteroatoms. The molecule has 3 amide bonds. The van der Waals surface area contributed by atoms with Crippen LogP contribution >= 0.6 is 22.9 Å². The average molecular weight is 336 g/mol. The number of urea groups is 1. The summed E-state index contributed by atoms with van der Waals surface area (Å²) < 4.78 is 0.392. The van der Waals surface area contributed by atoms with E-state index < -0.39 is 11.6 Å². The Morgan fingerprint density at radius 2 is 2.00 bits per heavy atom. The SMILES string of the molecule is Cc1ccc(C2(C)NC(=O)N(Cc3csc(Cl)n3)C2=O)cc1. The van der Waals surface area contributed by atoms with Crippen LogP contribution in [0, 0.1) is 6.92 Å². The number of imide groups is 1. The van der Waals surface area contributed by atoms with Gasteiger partial charge in [-0.1, -0.05) is 41.4 Å². The smallest absolute Gasteiger partial charge is 0.319 e. The van der Waals surface area contributed by atoms with Gasteiger partial charge < -0.3 is 5.32 Å². The zero-order valence-corrected chi connectivity index (χ0v) is 13.7. The van der Waals surface area contributed by atoms with Crippen LogP contribution in [0.4, 0.5) is 4.79 Å². The van der Waals surface area contributed by atoms with Crippen LogP contribution in [0.25, 0.3) is 0 Å². The van der Waals surface area contributed by atoms with Crippen molar-refractivity contribution >= 4 is 34.9 Å².